The van der Waals surface area contributed by atoms with E-state index in [1.807, 2.05) is 35.3 Å². The summed E-state index contributed by atoms with van der Waals surface area (Å²) in [6.07, 6.45) is 9.72. The summed E-state index contributed by atoms with van der Waals surface area (Å²) in [6.45, 7) is 1.99. The Kier molecular flexibility index (Phi) is 5.17. The highest BCUT2D eigenvalue weighted by atomic mass is 32.2. The normalized spacial score (nSPS) is 16.1. The van der Waals surface area contributed by atoms with Crippen LogP contribution in [0.3, 0.4) is 0 Å². The molecule has 152 valence electrons. The Hall–Kier alpha value is -3.59. The molecule has 1 aromatic carbocycles. The van der Waals surface area contributed by atoms with E-state index in [4.69, 9.17) is 0 Å². The number of nitrogens with one attached hydrogen (secondary N) is 1. The molecule has 4 heterocycles. The van der Waals surface area contributed by atoms with Gasteiger partial charge < -0.3 is 5.32 Å². The standard InChI is InChI=1S/C23H19N7S/c24-9-16-4-1-2-6-21(16)31-22-8-17(14-30-23(22)18(10-25)11-28-30)19-12-27-29(15-19)20-5-3-7-26-13-20/h1-2,4,6,8,11-12,14-15,20,26H,3,5,7,13H2/t20-/m0/s1. The van der Waals surface area contributed by atoms with Gasteiger partial charge >= 0.3 is 0 Å². The molecule has 3 aromatic heterocycles. The van der Waals surface area contributed by atoms with Crippen molar-refractivity contribution in [1.82, 2.24) is 24.7 Å². The Morgan fingerprint density at radius 3 is 2.68 bits per heavy atom. The van der Waals surface area contributed by atoms with Crippen molar-refractivity contribution in [3.8, 4) is 23.3 Å². The van der Waals surface area contributed by atoms with Crippen molar-refractivity contribution in [2.45, 2.75) is 28.7 Å². The van der Waals surface area contributed by atoms with Crippen LogP contribution in [0.1, 0.15) is 30.0 Å². The first-order valence-corrected chi connectivity index (χ1v) is 10.9. The zero-order chi connectivity index (χ0) is 21.2. The second-order valence-electron chi connectivity index (χ2n) is 7.48. The molecule has 8 heteroatoms. The zero-order valence-corrected chi connectivity index (χ0v) is 17.5. The first kappa shape index (κ1) is 19.4. The summed E-state index contributed by atoms with van der Waals surface area (Å²) in [5, 5.41) is 31.5. The highest BCUT2D eigenvalue weighted by Crippen LogP contribution is 2.37. The van der Waals surface area contributed by atoms with Gasteiger partial charge in [-0.15, -0.1) is 0 Å². The van der Waals surface area contributed by atoms with Crippen molar-refractivity contribution in [3.05, 3.63) is 66.2 Å². The summed E-state index contributed by atoms with van der Waals surface area (Å²) in [4.78, 5) is 1.72. The number of nitriles is 2. The average Bonchev–Trinajstić information content (AvgIpc) is 3.47. The van der Waals surface area contributed by atoms with Crippen LogP contribution in [0.15, 0.2) is 64.9 Å². The smallest absolute Gasteiger partial charge is 0.103 e. The Bertz CT molecular complexity index is 1330. The maximum Gasteiger partial charge on any atom is 0.103 e. The van der Waals surface area contributed by atoms with E-state index in [0.717, 1.165) is 52.4 Å². The third-order valence-electron chi connectivity index (χ3n) is 5.50. The van der Waals surface area contributed by atoms with Crippen molar-refractivity contribution in [2.75, 3.05) is 13.1 Å². The zero-order valence-electron chi connectivity index (χ0n) is 16.7. The van der Waals surface area contributed by atoms with Crippen LogP contribution in [-0.2, 0) is 0 Å². The molecule has 0 unspecified atom stereocenters. The molecule has 0 aliphatic carbocycles. The molecule has 1 saturated heterocycles. The lowest BCUT2D eigenvalue weighted by Gasteiger charge is -2.22. The summed E-state index contributed by atoms with van der Waals surface area (Å²) >= 11 is 1.47. The third kappa shape index (κ3) is 3.68. The lowest BCUT2D eigenvalue weighted by Crippen LogP contribution is -2.31. The van der Waals surface area contributed by atoms with Crippen LogP contribution < -0.4 is 5.32 Å². The van der Waals surface area contributed by atoms with E-state index in [1.165, 1.54) is 11.8 Å². The Morgan fingerprint density at radius 1 is 1.00 bits per heavy atom. The molecular formula is C23H19N7S. The maximum atomic E-state index is 9.57. The van der Waals surface area contributed by atoms with Gasteiger partial charge in [0.25, 0.3) is 0 Å². The van der Waals surface area contributed by atoms with Crippen LogP contribution in [0, 0.1) is 22.7 Å². The summed E-state index contributed by atoms with van der Waals surface area (Å²) < 4.78 is 3.78. The van der Waals surface area contributed by atoms with E-state index in [2.05, 4.69) is 39.9 Å². The minimum Gasteiger partial charge on any atom is -0.315 e. The quantitative estimate of drug-likeness (QED) is 0.531. The molecule has 1 atom stereocenters. The van der Waals surface area contributed by atoms with Gasteiger partial charge in [0.1, 0.15) is 12.1 Å². The molecule has 5 rings (SSSR count). The van der Waals surface area contributed by atoms with E-state index >= 15 is 0 Å². The number of benzene rings is 1. The fourth-order valence-electron chi connectivity index (χ4n) is 3.91. The molecule has 1 fully saturated rings. The molecule has 1 N–H and O–H groups in total. The van der Waals surface area contributed by atoms with Crippen LogP contribution in [0.25, 0.3) is 16.6 Å². The van der Waals surface area contributed by atoms with Gasteiger partial charge in [-0.1, -0.05) is 23.9 Å². The molecule has 1 aliphatic rings. The van der Waals surface area contributed by atoms with Gasteiger partial charge in [0.05, 0.1) is 35.1 Å². The van der Waals surface area contributed by atoms with Crippen LogP contribution in [0.4, 0.5) is 0 Å². The van der Waals surface area contributed by atoms with Crippen LogP contribution in [-0.4, -0.2) is 32.5 Å². The van der Waals surface area contributed by atoms with E-state index in [0.29, 0.717) is 17.2 Å². The molecule has 0 amide bonds. The van der Waals surface area contributed by atoms with E-state index in [9.17, 15) is 10.5 Å². The number of hydrogen-bond donors (Lipinski definition) is 1. The molecule has 0 radical (unpaired) electrons. The molecular weight excluding hydrogens is 406 g/mol. The maximum absolute atomic E-state index is 9.57. The van der Waals surface area contributed by atoms with Gasteiger partial charge in [-0.2, -0.15) is 20.7 Å². The number of piperidine rings is 1. The summed E-state index contributed by atoms with van der Waals surface area (Å²) in [6, 6.07) is 14.4. The second kappa shape index (κ2) is 8.27. The third-order valence-corrected chi connectivity index (χ3v) is 6.61. The highest BCUT2D eigenvalue weighted by Gasteiger charge is 2.18. The average molecular weight is 426 g/mol. The largest absolute Gasteiger partial charge is 0.315 e. The van der Waals surface area contributed by atoms with Crippen molar-refractivity contribution in [2.24, 2.45) is 0 Å². The molecule has 0 bridgehead atoms. The van der Waals surface area contributed by atoms with Crippen molar-refractivity contribution in [3.63, 3.8) is 0 Å². The molecule has 4 aromatic rings. The lowest BCUT2D eigenvalue weighted by atomic mass is 10.1. The predicted molar refractivity (Wildman–Crippen MR) is 118 cm³/mol. The second-order valence-corrected chi connectivity index (χ2v) is 8.56. The Balaban J connectivity index is 1.59. The van der Waals surface area contributed by atoms with E-state index in [-0.39, 0.29) is 0 Å². The monoisotopic (exact) mass is 425 g/mol. The number of aromatic nitrogens is 4. The van der Waals surface area contributed by atoms with Gasteiger partial charge in [-0.25, -0.2) is 4.52 Å². The molecule has 31 heavy (non-hydrogen) atoms. The number of rotatable bonds is 4. The van der Waals surface area contributed by atoms with Gasteiger partial charge in [0.15, 0.2) is 0 Å². The van der Waals surface area contributed by atoms with Crippen molar-refractivity contribution in [1.29, 1.82) is 10.5 Å². The van der Waals surface area contributed by atoms with Crippen LogP contribution in [0.5, 0.6) is 0 Å². The van der Waals surface area contributed by atoms with Crippen LogP contribution >= 0.6 is 11.8 Å². The lowest BCUT2D eigenvalue weighted by molar-refractivity contribution is 0.347. The summed E-state index contributed by atoms with van der Waals surface area (Å²) in [7, 11) is 0. The van der Waals surface area contributed by atoms with Gasteiger partial charge in [0, 0.05) is 39.9 Å². The minimum absolute atomic E-state index is 0.359. The molecule has 0 spiro atoms. The van der Waals surface area contributed by atoms with E-state index in [1.54, 1.807) is 16.8 Å². The fraction of sp³-hybridized carbons (Fsp3) is 0.217. The number of hydrogen-bond acceptors (Lipinski definition) is 6. The van der Waals surface area contributed by atoms with Gasteiger partial charge in [-0.3, -0.25) is 4.68 Å². The number of nitrogens with zero attached hydrogens (tertiary/aromatic N) is 6. The molecule has 0 saturated carbocycles. The fourth-order valence-corrected chi connectivity index (χ4v) is 5.01. The SMILES string of the molecule is N#Cc1ccccc1Sc1cc(-c2cnn([C@H]3CCCNC3)c2)cn2ncc(C#N)c12. The van der Waals surface area contributed by atoms with Crippen molar-refractivity contribution < 1.29 is 0 Å². The molecule has 1 aliphatic heterocycles. The van der Waals surface area contributed by atoms with Gasteiger partial charge in [0.2, 0.25) is 0 Å². The summed E-state index contributed by atoms with van der Waals surface area (Å²) in [5.74, 6) is 0. The Morgan fingerprint density at radius 2 is 1.87 bits per heavy atom. The Labute approximate surface area is 183 Å². The number of fused-ring (bicyclic) bond motifs is 1. The van der Waals surface area contributed by atoms with Gasteiger partial charge in [-0.05, 0) is 37.6 Å². The topological polar surface area (TPSA) is 94.7 Å². The number of pyridine rings is 1. The molecule has 7 nitrogen and oxygen atoms in total. The predicted octanol–water partition coefficient (Wildman–Crippen LogP) is 4.02. The van der Waals surface area contributed by atoms with Crippen LogP contribution in [0.2, 0.25) is 0 Å². The first-order chi connectivity index (χ1) is 15.3. The highest BCUT2D eigenvalue weighted by molar-refractivity contribution is 7.99. The first-order valence-electron chi connectivity index (χ1n) is 10.1. The van der Waals surface area contributed by atoms with E-state index < -0.39 is 0 Å². The minimum atomic E-state index is 0.359. The van der Waals surface area contributed by atoms with Crippen molar-refractivity contribution >= 4 is 17.3 Å². The summed E-state index contributed by atoms with van der Waals surface area (Å²) in [5.41, 5.74) is 3.82.